The van der Waals surface area contributed by atoms with Gasteiger partial charge in [-0.2, -0.15) is 0 Å². The molecule has 0 heterocycles. The molecule has 1 nitrogen and oxygen atoms in total. The van der Waals surface area contributed by atoms with Crippen molar-refractivity contribution in [3.05, 3.63) is 64.9 Å². The van der Waals surface area contributed by atoms with Gasteiger partial charge < -0.3 is 0 Å². The third kappa shape index (κ3) is 3.54. The molecule has 0 spiro atoms. The van der Waals surface area contributed by atoms with Gasteiger partial charge in [0.15, 0.2) is 0 Å². The summed E-state index contributed by atoms with van der Waals surface area (Å²) >= 11 is 4.78. The number of allylic oxidation sites excluding steroid dienone is 1. The van der Waals surface area contributed by atoms with Crippen molar-refractivity contribution in [2.75, 3.05) is 0 Å². The van der Waals surface area contributed by atoms with Crippen molar-refractivity contribution in [2.24, 2.45) is 0 Å². The van der Waals surface area contributed by atoms with Crippen molar-refractivity contribution < 1.29 is 0 Å². The summed E-state index contributed by atoms with van der Waals surface area (Å²) < 4.78 is 0.657. The number of hydrogen-bond donors (Lipinski definition) is 1. The predicted molar refractivity (Wildman–Crippen MR) is 123 cm³/mol. The van der Waals surface area contributed by atoms with Crippen LogP contribution in [-0.2, 0) is 6.42 Å². The summed E-state index contributed by atoms with van der Waals surface area (Å²) in [6.45, 7) is 9.40. The maximum absolute atomic E-state index is 4.06. The maximum atomic E-state index is 4.06. The number of benzene rings is 3. The minimum atomic E-state index is -1.76. The van der Waals surface area contributed by atoms with Gasteiger partial charge in [0.05, 0.1) is 0 Å². The zero-order valence-electron chi connectivity index (χ0n) is 17.5. The first kappa shape index (κ1) is 19.6. The molecule has 0 radical (unpaired) electrons. The number of fused-ring (bicyclic) bond motifs is 5. The van der Waals surface area contributed by atoms with Crippen LogP contribution in [-0.4, -0.2) is 49.2 Å². The van der Waals surface area contributed by atoms with Crippen molar-refractivity contribution in [3.8, 4) is 0 Å². The van der Waals surface area contributed by atoms with Crippen LogP contribution in [0.15, 0.2) is 53.7 Å². The molecular weight excluding hydrogens is 332 g/mol. The Kier molecular flexibility index (Phi) is 5.06. The van der Waals surface area contributed by atoms with E-state index >= 15 is 0 Å². The molecule has 0 bridgehead atoms. The molecule has 0 saturated heterocycles. The zero-order valence-corrected chi connectivity index (χ0v) is 18.5. The van der Waals surface area contributed by atoms with Crippen molar-refractivity contribution in [2.45, 2.75) is 42.2 Å². The van der Waals surface area contributed by atoms with Crippen LogP contribution < -0.4 is 4.98 Å². The van der Waals surface area contributed by atoms with Gasteiger partial charge in [0, 0.05) is 0 Å². The normalized spacial score (nSPS) is 16.7. The summed E-state index contributed by atoms with van der Waals surface area (Å²) in [6, 6.07) is 18.0. The molecule has 3 aromatic rings. The number of nitrogens with one attached hydrogen (secondary N) is 1. The molecule has 0 saturated carbocycles. The van der Waals surface area contributed by atoms with E-state index in [9.17, 15) is 0 Å². The molecule has 128 valence electrons. The van der Waals surface area contributed by atoms with Gasteiger partial charge in [0.25, 0.3) is 0 Å². The summed E-state index contributed by atoms with van der Waals surface area (Å²) in [5.41, 5.74) is 3.07. The number of hydrogen-bond acceptors (Lipinski definition) is 1. The summed E-state index contributed by atoms with van der Waals surface area (Å²) in [5, 5.41) is 7.10. The Bertz CT molecular complexity index is 1070. The van der Waals surface area contributed by atoms with E-state index in [-0.39, 0.29) is 5.54 Å². The fraction of sp³-hybridized carbons (Fsp3) is 0.304. The van der Waals surface area contributed by atoms with Gasteiger partial charge in [-0.1, -0.05) is 0 Å². The van der Waals surface area contributed by atoms with Crippen molar-refractivity contribution >= 4 is 71.3 Å². The second kappa shape index (κ2) is 6.96. The average molecular weight is 357 g/mol. The van der Waals surface area contributed by atoms with E-state index in [2.05, 4.69) is 122 Å². The fourth-order valence-corrected chi connectivity index (χ4v) is 8.37. The molecule has 0 aliphatic heterocycles. The van der Waals surface area contributed by atoms with Crippen LogP contribution in [0, 0.1) is 0 Å². The molecule has 1 unspecified atom stereocenters. The Morgan fingerprint density at radius 2 is 1.63 bits per heavy atom. The van der Waals surface area contributed by atoms with E-state index in [0.29, 0.717) is 2.89 Å². The van der Waals surface area contributed by atoms with E-state index in [1.165, 1.54) is 32.7 Å². The van der Waals surface area contributed by atoms with Gasteiger partial charge in [-0.3, -0.25) is 0 Å². The third-order valence-electron chi connectivity index (χ3n) is 6.21. The van der Waals surface area contributed by atoms with Crippen LogP contribution in [0.5, 0.6) is 0 Å². The third-order valence-corrected chi connectivity index (χ3v) is 11.4. The van der Waals surface area contributed by atoms with Gasteiger partial charge in [0.2, 0.25) is 0 Å². The zero-order chi connectivity index (χ0) is 19.4. The molecule has 1 N–H and O–H groups in total. The summed E-state index contributed by atoms with van der Waals surface area (Å²) in [5.74, 6) is 0. The Labute approximate surface area is 182 Å². The van der Waals surface area contributed by atoms with Crippen molar-refractivity contribution in [1.29, 1.82) is 0 Å². The molecule has 1 aliphatic carbocycles. The molecule has 3 aromatic carbocycles. The van der Waals surface area contributed by atoms with Crippen LogP contribution in [0.1, 0.15) is 31.9 Å². The topological polar surface area (TPSA) is 12.0 Å². The first-order chi connectivity index (χ1) is 12.7. The predicted octanol–water partition coefficient (Wildman–Crippen LogP) is 5.06. The monoisotopic (exact) mass is 357 g/mol. The molecule has 0 amide bonds. The molecule has 27 heavy (non-hydrogen) atoms. The Morgan fingerprint density at radius 1 is 0.926 bits per heavy atom. The summed E-state index contributed by atoms with van der Waals surface area (Å²) in [4.78, 5) is 4.06. The molecule has 1 atom stereocenters. The molecule has 1 aliphatic rings. The van der Waals surface area contributed by atoms with Gasteiger partial charge in [0.1, 0.15) is 0 Å². The van der Waals surface area contributed by atoms with E-state index < -0.39 is 8.24 Å². The Balaban J connectivity index is 1.88. The minimum absolute atomic E-state index is 0.138. The first-order valence-corrected chi connectivity index (χ1v) is 12.7. The quantitative estimate of drug-likeness (QED) is 0.510. The second-order valence-electron chi connectivity index (χ2n) is 9.60. The summed E-state index contributed by atoms with van der Waals surface area (Å²) in [7, 11) is -1.76. The fourth-order valence-electron chi connectivity index (χ4n) is 4.62. The van der Waals surface area contributed by atoms with Gasteiger partial charge in [-0.25, -0.2) is 0 Å². The molecule has 0 aromatic heterocycles. The van der Waals surface area contributed by atoms with Gasteiger partial charge in [-0.15, -0.1) is 0 Å². The Morgan fingerprint density at radius 3 is 2.33 bits per heavy atom. The van der Waals surface area contributed by atoms with Crippen LogP contribution in [0.4, 0.5) is 0 Å². The molecule has 4 heteroatoms. The van der Waals surface area contributed by atoms with E-state index in [4.69, 9.17) is 0 Å². The van der Waals surface area contributed by atoms with Crippen LogP contribution in [0.2, 0.25) is 9.43 Å². The second-order valence-corrected chi connectivity index (χ2v) is 14.1. The molecular formula is C23H25Li2NSi. The van der Waals surface area contributed by atoms with E-state index in [1.807, 2.05) is 0 Å². The van der Waals surface area contributed by atoms with E-state index in [1.54, 1.807) is 5.20 Å². The van der Waals surface area contributed by atoms with Crippen LogP contribution in [0.3, 0.4) is 0 Å². The van der Waals surface area contributed by atoms with Crippen LogP contribution >= 0.6 is 0 Å². The standard InChI is InChI=1S/C23H25NSi.2Li/c1-23(2,3)24-25(4,5)18-14-17-11-13-20-19-9-7-6-8-16(19)10-12-21(20)22(17)15-18;;/h4,6-13,15,24H,14H2,1-3,5H3;;. The van der Waals surface area contributed by atoms with E-state index in [0.717, 1.165) is 6.42 Å². The van der Waals surface area contributed by atoms with Crippen LogP contribution in [0.25, 0.3) is 27.6 Å². The SMILES string of the molecule is [Li][CH]([Li])[Si](C)(NC(C)(C)C)C1=Cc2c(ccc3c2ccc2ccccc23)C1. The molecule has 0 fully saturated rings. The number of rotatable bonds is 3. The first-order valence-electron chi connectivity index (χ1n) is 10.1. The Hall–Kier alpha value is -0.708. The van der Waals surface area contributed by atoms with Crippen molar-refractivity contribution in [1.82, 2.24) is 4.98 Å². The van der Waals surface area contributed by atoms with Gasteiger partial charge >= 0.3 is 183 Å². The summed E-state index contributed by atoms with van der Waals surface area (Å²) in [6.07, 6.45) is 3.62. The average Bonchev–Trinajstić information content (AvgIpc) is 3.05. The van der Waals surface area contributed by atoms with Gasteiger partial charge in [-0.05, 0) is 0 Å². The van der Waals surface area contributed by atoms with Crippen molar-refractivity contribution in [3.63, 3.8) is 0 Å². The molecule has 4 rings (SSSR count).